The Bertz CT molecular complexity index is 230. The average molecular weight is 179 g/mol. The predicted octanol–water partition coefficient (Wildman–Crippen LogP) is 0.858. The second-order valence-electron chi connectivity index (χ2n) is 4.26. The van der Waals surface area contributed by atoms with Crippen LogP contribution in [0.25, 0.3) is 0 Å². The lowest BCUT2D eigenvalue weighted by molar-refractivity contribution is -0.00785. The first kappa shape index (κ1) is 9.05. The van der Waals surface area contributed by atoms with Crippen molar-refractivity contribution in [3.8, 4) is 5.97 Å². The van der Waals surface area contributed by atoms with Crippen LogP contribution in [-0.2, 0) is 4.74 Å². The third-order valence-electron chi connectivity index (χ3n) is 3.27. The van der Waals surface area contributed by atoms with Crippen LogP contribution >= 0.6 is 0 Å². The van der Waals surface area contributed by atoms with Gasteiger partial charge in [0.15, 0.2) is 0 Å². The van der Waals surface area contributed by atoms with E-state index in [-0.39, 0.29) is 18.4 Å². The third-order valence-corrected chi connectivity index (χ3v) is 3.27. The van der Waals surface area contributed by atoms with Gasteiger partial charge in [-0.15, -0.1) is 0 Å². The molecular weight excluding hydrogens is 165 g/mol. The monoisotopic (exact) mass is 179 g/mol. The molecule has 0 bridgehead atoms. The molecule has 2 fully saturated rings. The van der Waals surface area contributed by atoms with Gasteiger partial charge in [-0.1, -0.05) is 12.6 Å². The lowest BCUT2D eigenvalue weighted by Gasteiger charge is -2.33. The summed E-state index contributed by atoms with van der Waals surface area (Å²) in [5, 5.41) is 18.1. The Kier molecular flexibility index (Phi) is 2.31. The molecule has 1 N–H and O–H groups in total. The van der Waals surface area contributed by atoms with Crippen LogP contribution in [0.3, 0.4) is 0 Å². The van der Waals surface area contributed by atoms with Crippen LogP contribution < -0.4 is 0 Å². The second-order valence-corrected chi connectivity index (χ2v) is 4.26. The lowest BCUT2D eigenvalue weighted by atomic mass is 9.41. The molecule has 0 aromatic rings. The Labute approximate surface area is 78.8 Å². The number of nitrogens with zero attached hydrogens (tertiary/aromatic N) is 1. The van der Waals surface area contributed by atoms with Gasteiger partial charge in [0, 0.05) is 12.4 Å². The Morgan fingerprint density at radius 2 is 2.15 bits per heavy atom. The normalized spacial score (nSPS) is 32.0. The summed E-state index contributed by atoms with van der Waals surface area (Å²) < 4.78 is 5.63. The molecule has 1 unspecified atom stereocenters. The summed E-state index contributed by atoms with van der Waals surface area (Å²) in [7, 11) is 0. The van der Waals surface area contributed by atoms with Gasteiger partial charge in [0.05, 0.1) is 18.3 Å². The average Bonchev–Trinajstić information content (AvgIpc) is 2.49. The van der Waals surface area contributed by atoms with Gasteiger partial charge in [-0.05, 0) is 12.8 Å². The highest BCUT2D eigenvalue weighted by atomic mass is 16.5. The summed E-state index contributed by atoms with van der Waals surface area (Å²) in [5.74, 6) is 2.30. The minimum Gasteiger partial charge on any atom is -0.391 e. The van der Waals surface area contributed by atoms with Crippen LogP contribution in [0.4, 0.5) is 0 Å². The molecule has 2 aliphatic heterocycles. The number of nitriles is 1. The molecule has 13 heavy (non-hydrogen) atoms. The van der Waals surface area contributed by atoms with Gasteiger partial charge < -0.3 is 9.84 Å². The van der Waals surface area contributed by atoms with E-state index < -0.39 is 0 Å². The maximum Gasteiger partial charge on any atom is 0.268 e. The molecule has 0 aromatic carbocycles. The molecular formula is C9H14BNO2. The molecule has 4 heteroatoms. The molecule has 0 aliphatic carbocycles. The molecule has 0 saturated carbocycles. The smallest absolute Gasteiger partial charge is 0.268 e. The number of aliphatic hydroxyl groups is 1. The van der Waals surface area contributed by atoms with Crippen molar-refractivity contribution in [2.75, 3.05) is 6.61 Å². The van der Waals surface area contributed by atoms with Gasteiger partial charge in [0.2, 0.25) is 0 Å². The first-order valence-corrected chi connectivity index (χ1v) is 4.96. The molecule has 2 saturated heterocycles. The molecule has 0 radical (unpaired) electrons. The van der Waals surface area contributed by atoms with Gasteiger partial charge in [0.1, 0.15) is 0 Å². The van der Waals surface area contributed by atoms with E-state index in [4.69, 9.17) is 10.00 Å². The quantitative estimate of drug-likeness (QED) is 0.561. The highest BCUT2D eigenvalue weighted by Gasteiger charge is 2.43. The van der Waals surface area contributed by atoms with Gasteiger partial charge in [0.25, 0.3) is 6.71 Å². The zero-order valence-corrected chi connectivity index (χ0v) is 7.70. The molecule has 70 valence electrons. The van der Waals surface area contributed by atoms with E-state index in [9.17, 15) is 5.11 Å². The van der Waals surface area contributed by atoms with Crippen molar-refractivity contribution < 1.29 is 9.84 Å². The van der Waals surface area contributed by atoms with Crippen LogP contribution in [0.2, 0.25) is 12.6 Å². The summed E-state index contributed by atoms with van der Waals surface area (Å²) in [6, 6.07) is 0. The van der Waals surface area contributed by atoms with Gasteiger partial charge in [-0.25, -0.2) is 5.26 Å². The van der Waals surface area contributed by atoms with Crippen LogP contribution in [0.15, 0.2) is 0 Å². The molecule has 3 nitrogen and oxygen atoms in total. The Balaban J connectivity index is 1.94. The number of hydrogen-bond donors (Lipinski definition) is 1. The fourth-order valence-electron chi connectivity index (χ4n) is 2.44. The van der Waals surface area contributed by atoms with E-state index >= 15 is 0 Å². The summed E-state index contributed by atoms with van der Waals surface area (Å²) in [6.45, 7) is 0.698. The Morgan fingerprint density at radius 3 is 2.62 bits per heavy atom. The van der Waals surface area contributed by atoms with Crippen molar-refractivity contribution in [1.82, 2.24) is 0 Å². The standard InChI is InChI=1S/C9H14BNO2/c11-7-10-3-1-9(2-4-10)5-8(12)6-13-9/h8,12H,1-6H2. The summed E-state index contributed by atoms with van der Waals surface area (Å²) in [6.07, 6.45) is 4.25. The van der Waals surface area contributed by atoms with Crippen LogP contribution in [0.5, 0.6) is 0 Å². The van der Waals surface area contributed by atoms with E-state index in [1.807, 2.05) is 0 Å². The van der Waals surface area contributed by atoms with Crippen LogP contribution in [-0.4, -0.2) is 30.1 Å². The fraction of sp³-hybridized carbons (Fsp3) is 0.889. The third kappa shape index (κ3) is 1.72. The van der Waals surface area contributed by atoms with E-state index in [1.165, 1.54) is 0 Å². The first-order valence-electron chi connectivity index (χ1n) is 4.96. The van der Waals surface area contributed by atoms with Crippen molar-refractivity contribution in [1.29, 1.82) is 5.26 Å². The maximum atomic E-state index is 9.38. The molecule has 1 spiro atoms. The highest BCUT2D eigenvalue weighted by molar-refractivity contribution is 6.67. The highest BCUT2D eigenvalue weighted by Crippen LogP contribution is 2.39. The molecule has 2 rings (SSSR count). The molecule has 2 heterocycles. The van der Waals surface area contributed by atoms with Crippen molar-refractivity contribution in [3.63, 3.8) is 0 Å². The fourth-order valence-corrected chi connectivity index (χ4v) is 2.44. The van der Waals surface area contributed by atoms with E-state index in [2.05, 4.69) is 5.97 Å². The topological polar surface area (TPSA) is 53.2 Å². The van der Waals surface area contributed by atoms with Crippen molar-refractivity contribution in [2.24, 2.45) is 0 Å². The number of ether oxygens (including phenoxy) is 1. The minimum atomic E-state index is -0.279. The Hall–Kier alpha value is -0.525. The maximum absolute atomic E-state index is 9.38. The Morgan fingerprint density at radius 1 is 1.46 bits per heavy atom. The van der Waals surface area contributed by atoms with Crippen LogP contribution in [0.1, 0.15) is 19.3 Å². The molecule has 1 atom stereocenters. The SMILES string of the molecule is N#CB1CCC2(CC1)CC(O)CO2. The first-order chi connectivity index (χ1) is 6.24. The largest absolute Gasteiger partial charge is 0.391 e. The zero-order valence-electron chi connectivity index (χ0n) is 7.70. The van der Waals surface area contributed by atoms with Crippen molar-refractivity contribution >= 4 is 6.71 Å². The van der Waals surface area contributed by atoms with Crippen LogP contribution in [0, 0.1) is 11.2 Å². The van der Waals surface area contributed by atoms with Gasteiger partial charge >= 0.3 is 0 Å². The van der Waals surface area contributed by atoms with Gasteiger partial charge in [-0.2, -0.15) is 0 Å². The lowest BCUT2D eigenvalue weighted by Crippen LogP contribution is -2.35. The summed E-state index contributed by atoms with van der Waals surface area (Å²) in [5.41, 5.74) is -0.0766. The minimum absolute atomic E-state index is 0.0766. The number of hydrogen-bond acceptors (Lipinski definition) is 3. The van der Waals surface area contributed by atoms with E-state index in [1.54, 1.807) is 0 Å². The van der Waals surface area contributed by atoms with E-state index in [0.717, 1.165) is 31.9 Å². The number of rotatable bonds is 0. The summed E-state index contributed by atoms with van der Waals surface area (Å²) >= 11 is 0. The second kappa shape index (κ2) is 3.32. The van der Waals surface area contributed by atoms with Crippen molar-refractivity contribution in [2.45, 2.75) is 43.6 Å². The molecule has 2 aliphatic rings. The van der Waals surface area contributed by atoms with Crippen molar-refractivity contribution in [3.05, 3.63) is 0 Å². The summed E-state index contributed by atoms with van der Waals surface area (Å²) in [4.78, 5) is 0. The predicted molar refractivity (Wildman–Crippen MR) is 49.5 cm³/mol. The number of aliphatic hydroxyl groups excluding tert-OH is 1. The van der Waals surface area contributed by atoms with E-state index in [0.29, 0.717) is 6.61 Å². The zero-order chi connectivity index (χ0) is 9.31. The molecule has 0 amide bonds. The van der Waals surface area contributed by atoms with Gasteiger partial charge in [-0.3, -0.25) is 0 Å². The molecule has 0 aromatic heterocycles.